The zero-order chi connectivity index (χ0) is 19.6. The lowest BCUT2D eigenvalue weighted by molar-refractivity contribution is -0.535. The third-order valence-electron chi connectivity index (χ3n) is 5.16. The van der Waals surface area contributed by atoms with Crippen LogP contribution >= 0.6 is 0 Å². The molecule has 1 N–H and O–H groups in total. The van der Waals surface area contributed by atoms with Crippen LogP contribution in [0.15, 0.2) is 24.3 Å². The van der Waals surface area contributed by atoms with E-state index < -0.39 is 35.4 Å². The van der Waals surface area contributed by atoms with Crippen LogP contribution in [0, 0.1) is 21.4 Å². The molecule has 144 valence electrons. The zero-order valence-corrected chi connectivity index (χ0v) is 16.5. The Hall–Kier alpha value is -1.95. The van der Waals surface area contributed by atoms with E-state index in [1.54, 1.807) is 6.92 Å². The van der Waals surface area contributed by atoms with Crippen LogP contribution < -0.4 is 5.32 Å². The maximum atomic E-state index is 12.6. The largest absolute Gasteiger partial charge is 0.465 e. The fraction of sp³-hybridized carbons (Fsp3) is 0.650. The van der Waals surface area contributed by atoms with Gasteiger partial charge < -0.3 is 4.74 Å². The highest BCUT2D eigenvalue weighted by Crippen LogP contribution is 2.45. The summed E-state index contributed by atoms with van der Waals surface area (Å²) in [5.74, 6) is -0.652. The minimum Gasteiger partial charge on any atom is -0.465 e. The number of nitro groups is 1. The fourth-order valence-electron chi connectivity index (χ4n) is 4.11. The van der Waals surface area contributed by atoms with Gasteiger partial charge in [-0.25, -0.2) is 0 Å². The molecule has 0 saturated carbocycles. The lowest BCUT2D eigenvalue weighted by Gasteiger charge is -2.31. The Kier molecular flexibility index (Phi) is 6.06. The minimum absolute atomic E-state index is 0.232. The number of esters is 1. The number of benzene rings is 1. The van der Waals surface area contributed by atoms with Crippen LogP contribution in [-0.2, 0) is 9.53 Å². The van der Waals surface area contributed by atoms with Gasteiger partial charge in [0.2, 0.25) is 6.04 Å². The molecule has 6 heteroatoms. The third kappa shape index (κ3) is 3.90. The molecule has 1 aromatic carbocycles. The molecule has 1 heterocycles. The van der Waals surface area contributed by atoms with E-state index in [1.807, 2.05) is 45.0 Å². The van der Waals surface area contributed by atoms with Gasteiger partial charge in [0.25, 0.3) is 0 Å². The van der Waals surface area contributed by atoms with E-state index in [9.17, 15) is 14.9 Å². The number of ether oxygens (including phenoxy) is 1. The van der Waals surface area contributed by atoms with Gasteiger partial charge in [0, 0.05) is 4.92 Å². The number of hydrogen-bond donors (Lipinski definition) is 1. The Bertz CT molecular complexity index is 666. The molecule has 0 aliphatic carbocycles. The molecule has 0 unspecified atom stereocenters. The topological polar surface area (TPSA) is 81.5 Å². The Morgan fingerprint density at radius 3 is 2.42 bits per heavy atom. The summed E-state index contributed by atoms with van der Waals surface area (Å²) in [6, 6.07) is 5.64. The van der Waals surface area contributed by atoms with Gasteiger partial charge in [0.1, 0.15) is 12.1 Å². The SMILES string of the molecule is CCOC(=O)[C@H]1N[C@@H](c2ccccc2C(C)C)[C@@H]([N+](=O)[O-])[C@@H]1C(C)(C)C. The standard InChI is InChI=1S/C20H30N2O4/c1-7-26-19(23)17-15(20(4,5)6)18(22(24)25)16(21-17)14-11-9-8-10-13(14)12(2)3/h8-12,15-18,21H,7H2,1-6H3/t15-,16+,17+,18+/m1/s1. The lowest BCUT2D eigenvalue weighted by atomic mass is 9.72. The van der Waals surface area contributed by atoms with Gasteiger partial charge in [-0.15, -0.1) is 0 Å². The molecule has 0 spiro atoms. The first-order valence-corrected chi connectivity index (χ1v) is 9.24. The highest BCUT2D eigenvalue weighted by Gasteiger charge is 2.58. The van der Waals surface area contributed by atoms with Crippen molar-refractivity contribution in [1.29, 1.82) is 0 Å². The van der Waals surface area contributed by atoms with Crippen molar-refractivity contribution < 1.29 is 14.5 Å². The molecule has 0 radical (unpaired) electrons. The van der Waals surface area contributed by atoms with Gasteiger partial charge in [-0.3, -0.25) is 20.2 Å². The second-order valence-corrected chi connectivity index (χ2v) is 8.33. The summed E-state index contributed by atoms with van der Waals surface area (Å²) in [5, 5.41) is 15.3. The average Bonchev–Trinajstić information content (AvgIpc) is 2.96. The van der Waals surface area contributed by atoms with Crippen LogP contribution in [0.4, 0.5) is 0 Å². The van der Waals surface area contributed by atoms with E-state index >= 15 is 0 Å². The van der Waals surface area contributed by atoms with Gasteiger partial charge >= 0.3 is 5.97 Å². The Morgan fingerprint density at radius 2 is 1.92 bits per heavy atom. The smallest absolute Gasteiger partial charge is 0.323 e. The molecule has 2 rings (SSSR count). The summed E-state index contributed by atoms with van der Waals surface area (Å²) < 4.78 is 5.22. The molecule has 0 amide bonds. The second kappa shape index (κ2) is 7.74. The molecule has 26 heavy (non-hydrogen) atoms. The van der Waals surface area contributed by atoms with Crippen molar-refractivity contribution in [2.45, 2.75) is 65.6 Å². The molecular weight excluding hydrogens is 332 g/mol. The maximum Gasteiger partial charge on any atom is 0.323 e. The molecule has 1 fully saturated rings. The van der Waals surface area contributed by atoms with Crippen LogP contribution in [-0.4, -0.2) is 29.6 Å². The predicted molar refractivity (Wildman–Crippen MR) is 101 cm³/mol. The Balaban J connectivity index is 2.56. The van der Waals surface area contributed by atoms with E-state index in [0.717, 1.165) is 11.1 Å². The van der Waals surface area contributed by atoms with E-state index in [4.69, 9.17) is 4.74 Å². The van der Waals surface area contributed by atoms with Gasteiger partial charge in [0.05, 0.1) is 12.5 Å². The van der Waals surface area contributed by atoms with Crippen molar-refractivity contribution in [3.05, 3.63) is 45.5 Å². The Morgan fingerprint density at radius 1 is 1.31 bits per heavy atom. The van der Waals surface area contributed by atoms with Gasteiger partial charge in [0.15, 0.2) is 0 Å². The third-order valence-corrected chi connectivity index (χ3v) is 5.16. The first kappa shape index (κ1) is 20.4. The highest BCUT2D eigenvalue weighted by molar-refractivity contribution is 5.77. The van der Waals surface area contributed by atoms with Crippen molar-refractivity contribution >= 4 is 5.97 Å². The van der Waals surface area contributed by atoms with Gasteiger partial charge in [-0.2, -0.15) is 0 Å². The van der Waals surface area contributed by atoms with Gasteiger partial charge in [-0.05, 0) is 29.4 Å². The summed E-state index contributed by atoms with van der Waals surface area (Å²) >= 11 is 0. The molecule has 1 aromatic rings. The van der Waals surface area contributed by atoms with Crippen molar-refractivity contribution in [3.8, 4) is 0 Å². The molecule has 4 atom stereocenters. The first-order valence-electron chi connectivity index (χ1n) is 9.24. The normalized spacial score (nSPS) is 26.1. The summed E-state index contributed by atoms with van der Waals surface area (Å²) in [4.78, 5) is 24.4. The highest BCUT2D eigenvalue weighted by atomic mass is 16.6. The number of rotatable bonds is 5. The molecule has 0 aromatic heterocycles. The molecule has 1 aliphatic rings. The predicted octanol–water partition coefficient (Wildman–Crippen LogP) is 3.69. The molecular formula is C20H30N2O4. The molecule has 6 nitrogen and oxygen atoms in total. The summed E-state index contributed by atoms with van der Waals surface area (Å²) in [6.45, 7) is 12.0. The Labute approximate surface area is 155 Å². The molecule has 1 saturated heterocycles. The molecule has 0 bridgehead atoms. The van der Waals surface area contributed by atoms with Gasteiger partial charge in [-0.1, -0.05) is 58.9 Å². The van der Waals surface area contributed by atoms with Crippen molar-refractivity contribution in [1.82, 2.24) is 5.32 Å². The summed E-state index contributed by atoms with van der Waals surface area (Å²) in [7, 11) is 0. The number of carbonyl (C=O) groups excluding carboxylic acids is 1. The number of hydrogen-bond acceptors (Lipinski definition) is 5. The minimum atomic E-state index is -0.899. The average molecular weight is 362 g/mol. The van der Waals surface area contributed by atoms with Crippen LogP contribution in [0.25, 0.3) is 0 Å². The van der Waals surface area contributed by atoms with Crippen LogP contribution in [0.1, 0.15) is 64.6 Å². The quantitative estimate of drug-likeness (QED) is 0.491. The van der Waals surface area contributed by atoms with E-state index in [-0.39, 0.29) is 17.4 Å². The van der Waals surface area contributed by atoms with Crippen LogP contribution in [0.5, 0.6) is 0 Å². The second-order valence-electron chi connectivity index (χ2n) is 8.33. The van der Waals surface area contributed by atoms with Crippen molar-refractivity contribution in [2.75, 3.05) is 6.61 Å². The van der Waals surface area contributed by atoms with E-state index in [1.165, 1.54) is 0 Å². The fourth-order valence-corrected chi connectivity index (χ4v) is 4.11. The van der Waals surface area contributed by atoms with E-state index in [2.05, 4.69) is 19.2 Å². The van der Waals surface area contributed by atoms with Crippen LogP contribution in [0.3, 0.4) is 0 Å². The summed E-state index contributed by atoms with van der Waals surface area (Å²) in [6.07, 6.45) is 0. The summed E-state index contributed by atoms with van der Waals surface area (Å²) in [5.41, 5.74) is 1.53. The zero-order valence-electron chi connectivity index (χ0n) is 16.5. The van der Waals surface area contributed by atoms with Crippen molar-refractivity contribution in [2.24, 2.45) is 11.3 Å². The van der Waals surface area contributed by atoms with Crippen LogP contribution in [0.2, 0.25) is 0 Å². The monoisotopic (exact) mass is 362 g/mol. The molecule has 1 aliphatic heterocycles. The number of nitrogens with one attached hydrogen (secondary N) is 1. The first-order chi connectivity index (χ1) is 12.1. The van der Waals surface area contributed by atoms with E-state index in [0.29, 0.717) is 0 Å². The van der Waals surface area contributed by atoms with Crippen molar-refractivity contribution in [3.63, 3.8) is 0 Å². The number of carbonyl (C=O) groups is 1. The lowest BCUT2D eigenvalue weighted by Crippen LogP contribution is -2.45. The number of nitrogens with zero attached hydrogens (tertiary/aromatic N) is 1. The maximum absolute atomic E-state index is 12.6.